The third kappa shape index (κ3) is 4.14. The summed E-state index contributed by atoms with van der Waals surface area (Å²) in [6, 6.07) is 2.77. The van der Waals surface area contributed by atoms with Gasteiger partial charge in [0.05, 0.1) is 13.2 Å². The van der Waals surface area contributed by atoms with Crippen molar-refractivity contribution in [2.45, 2.75) is 13.0 Å². The summed E-state index contributed by atoms with van der Waals surface area (Å²) in [4.78, 5) is 15.1. The monoisotopic (exact) mass is 231 g/mol. The van der Waals surface area contributed by atoms with E-state index in [2.05, 4.69) is 10.3 Å². The van der Waals surface area contributed by atoms with Gasteiger partial charge in [-0.25, -0.2) is 4.98 Å². The van der Waals surface area contributed by atoms with E-state index in [0.29, 0.717) is 11.6 Å². The number of carbonyl (C=O) groups is 1. The first-order valence-electron chi connectivity index (χ1n) is 4.20. The number of nitrogens with one attached hydrogen (secondary N) is 1. The summed E-state index contributed by atoms with van der Waals surface area (Å²) in [5.41, 5.74) is 5.38. The molecule has 1 heterocycles. The lowest BCUT2D eigenvalue weighted by molar-refractivity contribution is -0.117. The molecule has 0 aliphatic rings. The smallest absolute Gasteiger partial charge is 0.242 e. The maximum Gasteiger partial charge on any atom is 0.242 e. The molecule has 0 aliphatic heterocycles. The minimum atomic E-state index is -0.553. The van der Waals surface area contributed by atoms with Gasteiger partial charge in [-0.15, -0.1) is 12.4 Å². The fraction of sp³-hybridized carbons (Fsp3) is 0.333. The van der Waals surface area contributed by atoms with Gasteiger partial charge in [-0.2, -0.15) is 0 Å². The van der Waals surface area contributed by atoms with Crippen LogP contribution in [0, 0.1) is 0 Å². The highest BCUT2D eigenvalue weighted by Gasteiger charge is 2.08. The Labute approximate surface area is 94.4 Å². The second kappa shape index (κ2) is 6.21. The van der Waals surface area contributed by atoms with Gasteiger partial charge < -0.3 is 15.8 Å². The molecule has 5 nitrogen and oxygen atoms in total. The Morgan fingerprint density at radius 2 is 2.33 bits per heavy atom. The number of anilines is 1. The van der Waals surface area contributed by atoms with E-state index in [4.69, 9.17) is 10.5 Å². The highest BCUT2D eigenvalue weighted by Crippen LogP contribution is 2.13. The number of methoxy groups -OCH3 is 1. The molecule has 0 aromatic carbocycles. The number of hydrogen-bond donors (Lipinski definition) is 2. The van der Waals surface area contributed by atoms with E-state index >= 15 is 0 Å². The van der Waals surface area contributed by atoms with Crippen LogP contribution in [0.5, 0.6) is 5.75 Å². The van der Waals surface area contributed by atoms with Gasteiger partial charge in [-0.05, 0) is 13.0 Å². The summed E-state index contributed by atoms with van der Waals surface area (Å²) < 4.78 is 4.97. The quantitative estimate of drug-likeness (QED) is 0.807. The van der Waals surface area contributed by atoms with Gasteiger partial charge in [-0.3, -0.25) is 4.79 Å². The molecule has 0 saturated heterocycles. The Bertz CT molecular complexity index is 331. The lowest BCUT2D eigenvalue weighted by Gasteiger charge is -2.07. The predicted octanol–water partition coefficient (Wildman–Crippen LogP) is 0.798. The summed E-state index contributed by atoms with van der Waals surface area (Å²) in [6.07, 6.45) is 1.55. The Morgan fingerprint density at radius 1 is 1.67 bits per heavy atom. The molecule has 0 spiro atoms. The molecular weight excluding hydrogens is 218 g/mol. The normalized spacial score (nSPS) is 11.1. The minimum Gasteiger partial charge on any atom is -0.497 e. The molecule has 3 N–H and O–H groups in total. The number of pyridine rings is 1. The SMILES string of the molecule is COc1ccnc(NC(=O)C(C)N)c1.Cl. The topological polar surface area (TPSA) is 77.2 Å². The summed E-state index contributed by atoms with van der Waals surface area (Å²) >= 11 is 0. The molecule has 84 valence electrons. The van der Waals surface area contributed by atoms with Crippen LogP contribution in [0.25, 0.3) is 0 Å². The molecule has 0 fully saturated rings. The van der Waals surface area contributed by atoms with Gasteiger partial charge in [0, 0.05) is 12.3 Å². The van der Waals surface area contributed by atoms with Crippen molar-refractivity contribution >= 4 is 24.1 Å². The summed E-state index contributed by atoms with van der Waals surface area (Å²) in [6.45, 7) is 1.61. The highest BCUT2D eigenvalue weighted by molar-refractivity contribution is 5.93. The zero-order valence-electron chi connectivity index (χ0n) is 8.56. The second-order valence-corrected chi connectivity index (χ2v) is 2.86. The lowest BCUT2D eigenvalue weighted by Crippen LogP contribution is -2.32. The molecule has 15 heavy (non-hydrogen) atoms. The summed E-state index contributed by atoms with van der Waals surface area (Å²) in [5.74, 6) is 0.803. The third-order valence-corrected chi connectivity index (χ3v) is 1.63. The van der Waals surface area contributed by atoms with Crippen LogP contribution in [0.15, 0.2) is 18.3 Å². The maximum absolute atomic E-state index is 11.2. The highest BCUT2D eigenvalue weighted by atomic mass is 35.5. The lowest BCUT2D eigenvalue weighted by atomic mass is 10.3. The van der Waals surface area contributed by atoms with Gasteiger partial charge >= 0.3 is 0 Å². The number of ether oxygens (including phenoxy) is 1. The molecule has 0 saturated carbocycles. The number of amides is 1. The van der Waals surface area contributed by atoms with Gasteiger partial charge in [-0.1, -0.05) is 0 Å². The van der Waals surface area contributed by atoms with Crippen molar-refractivity contribution in [2.24, 2.45) is 5.73 Å². The third-order valence-electron chi connectivity index (χ3n) is 1.63. The zero-order chi connectivity index (χ0) is 10.6. The van der Waals surface area contributed by atoms with Crippen LogP contribution in [0.1, 0.15) is 6.92 Å². The van der Waals surface area contributed by atoms with E-state index in [1.807, 2.05) is 0 Å². The number of rotatable bonds is 3. The second-order valence-electron chi connectivity index (χ2n) is 2.86. The van der Waals surface area contributed by atoms with Crippen LogP contribution >= 0.6 is 12.4 Å². The van der Waals surface area contributed by atoms with Crippen LogP contribution < -0.4 is 15.8 Å². The van der Waals surface area contributed by atoms with Crippen LogP contribution in [-0.2, 0) is 4.79 Å². The van der Waals surface area contributed by atoms with Crippen molar-refractivity contribution in [2.75, 3.05) is 12.4 Å². The molecule has 0 aliphatic carbocycles. The Balaban J connectivity index is 0.00000196. The van der Waals surface area contributed by atoms with Crippen LogP contribution in [0.4, 0.5) is 5.82 Å². The Morgan fingerprint density at radius 3 is 2.87 bits per heavy atom. The molecule has 1 unspecified atom stereocenters. The Kier molecular flexibility index (Phi) is 5.66. The van der Waals surface area contributed by atoms with E-state index in [-0.39, 0.29) is 18.3 Å². The molecule has 1 rings (SSSR count). The number of aromatic nitrogens is 1. The minimum absolute atomic E-state index is 0. The Hall–Kier alpha value is -1.33. The fourth-order valence-corrected chi connectivity index (χ4v) is 0.847. The van der Waals surface area contributed by atoms with E-state index < -0.39 is 6.04 Å². The van der Waals surface area contributed by atoms with Crippen molar-refractivity contribution in [1.82, 2.24) is 4.98 Å². The number of nitrogens with two attached hydrogens (primary N) is 1. The number of nitrogens with zero attached hydrogens (tertiary/aromatic N) is 1. The van der Waals surface area contributed by atoms with E-state index in [0.717, 1.165) is 0 Å². The predicted molar refractivity (Wildman–Crippen MR) is 60.3 cm³/mol. The largest absolute Gasteiger partial charge is 0.497 e. The molecule has 1 aromatic heterocycles. The average Bonchev–Trinajstić information content (AvgIpc) is 2.18. The molecule has 6 heteroatoms. The van der Waals surface area contributed by atoms with E-state index in [1.165, 1.54) is 0 Å². The van der Waals surface area contributed by atoms with Crippen LogP contribution in [0.3, 0.4) is 0 Å². The summed E-state index contributed by atoms with van der Waals surface area (Å²) in [7, 11) is 1.55. The number of halogens is 1. The first-order chi connectivity index (χ1) is 6.63. The first kappa shape index (κ1) is 13.7. The van der Waals surface area contributed by atoms with Gasteiger partial charge in [0.25, 0.3) is 0 Å². The van der Waals surface area contributed by atoms with Crippen LogP contribution in [-0.4, -0.2) is 24.0 Å². The fourth-order valence-electron chi connectivity index (χ4n) is 0.847. The van der Waals surface area contributed by atoms with E-state index in [9.17, 15) is 4.79 Å². The zero-order valence-corrected chi connectivity index (χ0v) is 9.38. The molecule has 1 atom stereocenters. The molecule has 1 aromatic rings. The standard InChI is InChI=1S/C9H13N3O2.ClH/c1-6(10)9(13)12-8-5-7(14-2)3-4-11-8;/h3-6H,10H2,1-2H3,(H,11,12,13);1H. The van der Waals surface area contributed by atoms with Crippen molar-refractivity contribution in [3.8, 4) is 5.75 Å². The maximum atomic E-state index is 11.2. The number of carbonyl (C=O) groups excluding carboxylic acids is 1. The van der Waals surface area contributed by atoms with Crippen LogP contribution in [0.2, 0.25) is 0 Å². The van der Waals surface area contributed by atoms with Gasteiger partial charge in [0.2, 0.25) is 5.91 Å². The van der Waals surface area contributed by atoms with Gasteiger partial charge in [0.15, 0.2) is 0 Å². The van der Waals surface area contributed by atoms with Crippen molar-refractivity contribution in [3.05, 3.63) is 18.3 Å². The van der Waals surface area contributed by atoms with Crippen molar-refractivity contribution in [3.63, 3.8) is 0 Å². The molecule has 0 radical (unpaired) electrons. The van der Waals surface area contributed by atoms with Crippen molar-refractivity contribution in [1.29, 1.82) is 0 Å². The molecule has 0 bridgehead atoms. The van der Waals surface area contributed by atoms with Crippen molar-refractivity contribution < 1.29 is 9.53 Å². The van der Waals surface area contributed by atoms with E-state index in [1.54, 1.807) is 32.4 Å². The number of hydrogen-bond acceptors (Lipinski definition) is 4. The average molecular weight is 232 g/mol. The molecule has 1 amide bonds. The van der Waals surface area contributed by atoms with Gasteiger partial charge in [0.1, 0.15) is 11.6 Å². The first-order valence-corrected chi connectivity index (χ1v) is 4.20. The summed E-state index contributed by atoms with van der Waals surface area (Å²) in [5, 5.41) is 2.56. The molecular formula is C9H14ClN3O2.